The Labute approximate surface area is 95.1 Å². The fourth-order valence-corrected chi connectivity index (χ4v) is 1.78. The van der Waals surface area contributed by atoms with Gasteiger partial charge in [0.2, 0.25) is 0 Å². The van der Waals surface area contributed by atoms with E-state index in [1.54, 1.807) is 0 Å². The van der Waals surface area contributed by atoms with Crippen molar-refractivity contribution >= 4 is 5.65 Å². The van der Waals surface area contributed by atoms with Crippen molar-refractivity contribution in [1.82, 2.24) is 9.38 Å². The van der Waals surface area contributed by atoms with Crippen LogP contribution in [-0.4, -0.2) is 16.0 Å². The van der Waals surface area contributed by atoms with E-state index >= 15 is 0 Å². The molecular formula is C13H14N2O. The van der Waals surface area contributed by atoms with Gasteiger partial charge in [0.25, 0.3) is 0 Å². The van der Waals surface area contributed by atoms with E-state index in [0.717, 1.165) is 22.8 Å². The van der Waals surface area contributed by atoms with Crippen molar-refractivity contribution < 1.29 is 4.74 Å². The van der Waals surface area contributed by atoms with Crippen molar-refractivity contribution in [2.24, 2.45) is 0 Å². The number of nitrogens with zero attached hydrogens (tertiary/aromatic N) is 2. The van der Waals surface area contributed by atoms with Gasteiger partial charge >= 0.3 is 0 Å². The normalized spacial score (nSPS) is 10.3. The van der Waals surface area contributed by atoms with Crippen LogP contribution in [0.15, 0.2) is 18.3 Å². The van der Waals surface area contributed by atoms with E-state index in [4.69, 9.17) is 11.2 Å². The maximum absolute atomic E-state index is 5.53. The van der Waals surface area contributed by atoms with Crippen LogP contribution in [0.2, 0.25) is 0 Å². The molecule has 3 heteroatoms. The highest BCUT2D eigenvalue weighted by Gasteiger charge is 2.10. The predicted octanol–water partition coefficient (Wildman–Crippen LogP) is 2.22. The van der Waals surface area contributed by atoms with Gasteiger partial charge in [-0.05, 0) is 26.0 Å². The van der Waals surface area contributed by atoms with Crippen molar-refractivity contribution in [1.29, 1.82) is 0 Å². The molecule has 0 N–H and O–H groups in total. The molecule has 2 rings (SSSR count). The van der Waals surface area contributed by atoms with Crippen molar-refractivity contribution in [2.45, 2.75) is 20.3 Å². The molecule has 2 aromatic rings. The van der Waals surface area contributed by atoms with Crippen LogP contribution in [0.3, 0.4) is 0 Å². The molecular weight excluding hydrogens is 200 g/mol. The first-order chi connectivity index (χ1) is 7.77. The Morgan fingerprint density at radius 3 is 3.06 bits per heavy atom. The van der Waals surface area contributed by atoms with E-state index in [0.29, 0.717) is 13.0 Å². The molecule has 0 aliphatic heterocycles. The van der Waals surface area contributed by atoms with Crippen LogP contribution in [0.5, 0.6) is 5.75 Å². The van der Waals surface area contributed by atoms with Crippen LogP contribution in [0, 0.1) is 19.3 Å². The summed E-state index contributed by atoms with van der Waals surface area (Å²) in [5.74, 6) is 3.46. The van der Waals surface area contributed by atoms with Gasteiger partial charge in [0, 0.05) is 6.20 Å². The average molecular weight is 214 g/mol. The van der Waals surface area contributed by atoms with E-state index in [9.17, 15) is 0 Å². The number of ether oxygens (including phenoxy) is 1. The van der Waals surface area contributed by atoms with Gasteiger partial charge in [0.1, 0.15) is 0 Å². The Hall–Kier alpha value is -1.95. The van der Waals surface area contributed by atoms with Crippen LogP contribution in [0.1, 0.15) is 18.3 Å². The molecule has 0 amide bonds. The van der Waals surface area contributed by atoms with Gasteiger partial charge in [-0.1, -0.05) is 0 Å². The topological polar surface area (TPSA) is 26.5 Å². The van der Waals surface area contributed by atoms with Crippen LogP contribution < -0.4 is 4.74 Å². The fraction of sp³-hybridized carbons (Fsp3) is 0.308. The fourth-order valence-electron chi connectivity index (χ4n) is 1.78. The number of pyridine rings is 1. The summed E-state index contributed by atoms with van der Waals surface area (Å²) in [5.41, 5.74) is 2.86. The van der Waals surface area contributed by atoms with Crippen molar-refractivity contribution in [3.8, 4) is 18.1 Å². The third-order valence-corrected chi connectivity index (χ3v) is 2.48. The Kier molecular flexibility index (Phi) is 2.82. The third-order valence-electron chi connectivity index (χ3n) is 2.48. The number of terminal acetylenes is 1. The Morgan fingerprint density at radius 1 is 1.56 bits per heavy atom. The lowest BCUT2D eigenvalue weighted by Crippen LogP contribution is -1.97. The molecule has 0 fully saturated rings. The molecule has 2 aromatic heterocycles. The summed E-state index contributed by atoms with van der Waals surface area (Å²) in [6, 6.07) is 3.87. The molecule has 0 unspecified atom stereocenters. The molecule has 82 valence electrons. The molecule has 0 radical (unpaired) electrons. The van der Waals surface area contributed by atoms with Gasteiger partial charge in [-0.3, -0.25) is 4.40 Å². The first kappa shape index (κ1) is 10.6. The largest absolute Gasteiger partial charge is 0.490 e. The number of aryl methyl sites for hydroxylation is 1. The minimum atomic E-state index is 0.586. The van der Waals surface area contributed by atoms with Crippen molar-refractivity contribution in [3.05, 3.63) is 29.7 Å². The minimum Gasteiger partial charge on any atom is -0.490 e. The molecule has 0 spiro atoms. The number of hydrogen-bond acceptors (Lipinski definition) is 2. The monoisotopic (exact) mass is 214 g/mol. The molecule has 0 saturated carbocycles. The zero-order valence-electron chi connectivity index (χ0n) is 9.53. The third kappa shape index (κ3) is 1.63. The quantitative estimate of drug-likeness (QED) is 0.732. The number of imidazole rings is 1. The number of fused-ring (bicyclic) bond motifs is 1. The zero-order chi connectivity index (χ0) is 11.5. The van der Waals surface area contributed by atoms with Crippen molar-refractivity contribution in [3.63, 3.8) is 0 Å². The molecule has 2 heterocycles. The highest BCUT2D eigenvalue weighted by molar-refractivity contribution is 5.56. The Balaban J connectivity index is 2.63. The summed E-state index contributed by atoms with van der Waals surface area (Å²) in [5, 5.41) is 0. The van der Waals surface area contributed by atoms with Gasteiger partial charge < -0.3 is 4.74 Å². The highest BCUT2D eigenvalue weighted by Crippen LogP contribution is 2.22. The number of rotatable bonds is 3. The lowest BCUT2D eigenvalue weighted by Gasteiger charge is -2.04. The molecule has 0 aliphatic rings. The molecule has 3 nitrogen and oxygen atoms in total. The van der Waals surface area contributed by atoms with E-state index in [1.807, 2.05) is 36.6 Å². The summed E-state index contributed by atoms with van der Waals surface area (Å²) in [4.78, 5) is 4.49. The van der Waals surface area contributed by atoms with Crippen molar-refractivity contribution in [2.75, 3.05) is 6.61 Å². The van der Waals surface area contributed by atoms with E-state index in [2.05, 4.69) is 10.9 Å². The second-order valence-electron chi connectivity index (χ2n) is 3.52. The zero-order valence-corrected chi connectivity index (χ0v) is 9.53. The molecule has 0 atom stereocenters. The van der Waals surface area contributed by atoms with Crippen LogP contribution in [-0.2, 0) is 6.42 Å². The van der Waals surface area contributed by atoms with E-state index < -0.39 is 0 Å². The Morgan fingerprint density at radius 2 is 2.38 bits per heavy atom. The summed E-state index contributed by atoms with van der Waals surface area (Å²) < 4.78 is 7.53. The standard InChI is InChI=1S/C13H14N2O/c1-4-7-11-10(3)14-13-12(16-5-2)8-6-9-15(11)13/h1,6,8-9H,5,7H2,2-3H3. The summed E-state index contributed by atoms with van der Waals surface area (Å²) in [6.07, 6.45) is 7.90. The molecule has 0 saturated heterocycles. The van der Waals surface area contributed by atoms with Gasteiger partial charge in [0.05, 0.1) is 24.4 Å². The molecule has 0 bridgehead atoms. The molecule has 16 heavy (non-hydrogen) atoms. The summed E-state index contributed by atoms with van der Waals surface area (Å²) in [7, 11) is 0. The SMILES string of the molecule is C#CCc1c(C)nc2c(OCC)cccn12. The second kappa shape index (κ2) is 4.28. The maximum Gasteiger partial charge on any atom is 0.180 e. The average Bonchev–Trinajstić information content (AvgIpc) is 2.59. The maximum atomic E-state index is 5.53. The smallest absolute Gasteiger partial charge is 0.180 e. The van der Waals surface area contributed by atoms with Gasteiger partial charge in [-0.15, -0.1) is 12.3 Å². The summed E-state index contributed by atoms with van der Waals surface area (Å²) in [6.45, 7) is 4.56. The molecule has 0 aliphatic carbocycles. The Bertz CT molecular complexity index is 549. The predicted molar refractivity (Wildman–Crippen MR) is 63.6 cm³/mol. The van der Waals surface area contributed by atoms with Gasteiger partial charge in [-0.25, -0.2) is 4.98 Å². The first-order valence-electron chi connectivity index (χ1n) is 5.30. The van der Waals surface area contributed by atoms with Crippen LogP contribution in [0.4, 0.5) is 0 Å². The highest BCUT2D eigenvalue weighted by atomic mass is 16.5. The van der Waals surface area contributed by atoms with Gasteiger partial charge in [0.15, 0.2) is 11.4 Å². The first-order valence-corrected chi connectivity index (χ1v) is 5.30. The van der Waals surface area contributed by atoms with Gasteiger partial charge in [-0.2, -0.15) is 0 Å². The number of hydrogen-bond donors (Lipinski definition) is 0. The van der Waals surface area contributed by atoms with Crippen LogP contribution in [0.25, 0.3) is 5.65 Å². The molecule has 0 aromatic carbocycles. The lowest BCUT2D eigenvalue weighted by atomic mass is 10.2. The van der Waals surface area contributed by atoms with Crippen LogP contribution >= 0.6 is 0 Å². The number of aromatic nitrogens is 2. The summed E-state index contributed by atoms with van der Waals surface area (Å²) >= 11 is 0. The van der Waals surface area contributed by atoms with E-state index in [-0.39, 0.29) is 0 Å². The second-order valence-corrected chi connectivity index (χ2v) is 3.52. The minimum absolute atomic E-state index is 0.586. The lowest BCUT2D eigenvalue weighted by molar-refractivity contribution is 0.342. The van der Waals surface area contributed by atoms with E-state index in [1.165, 1.54) is 0 Å².